The van der Waals surface area contributed by atoms with Crippen LogP contribution in [-0.4, -0.2) is 26.1 Å². The van der Waals surface area contributed by atoms with Crippen LogP contribution >= 0.6 is 0 Å². The zero-order valence-electron chi connectivity index (χ0n) is 7.94. The maximum absolute atomic E-state index is 4.18. The molecule has 0 saturated heterocycles. The van der Waals surface area contributed by atoms with E-state index < -0.39 is 0 Å². The van der Waals surface area contributed by atoms with E-state index in [0.717, 1.165) is 17.3 Å². The zero-order valence-corrected chi connectivity index (χ0v) is 7.94. The third kappa shape index (κ3) is 1.32. The van der Waals surface area contributed by atoms with Gasteiger partial charge in [0.1, 0.15) is 5.82 Å². The monoisotopic (exact) mass is 189 g/mol. The Bertz CT molecular complexity index is 459. The second kappa shape index (κ2) is 3.45. The molecule has 14 heavy (non-hydrogen) atoms. The summed E-state index contributed by atoms with van der Waals surface area (Å²) < 4.78 is 1.89. The molecule has 0 aromatic carbocycles. The van der Waals surface area contributed by atoms with Gasteiger partial charge in [-0.25, -0.2) is 4.98 Å². The van der Waals surface area contributed by atoms with Crippen molar-refractivity contribution in [1.82, 2.24) is 19.6 Å². The average molecular weight is 189 g/mol. The van der Waals surface area contributed by atoms with E-state index >= 15 is 0 Å². The van der Waals surface area contributed by atoms with Gasteiger partial charge in [-0.05, 0) is 6.92 Å². The molecule has 0 unspecified atom stereocenters. The highest BCUT2D eigenvalue weighted by atomic mass is 15.3. The molecule has 0 fully saturated rings. The summed E-state index contributed by atoms with van der Waals surface area (Å²) in [5, 5.41) is 11.1. The van der Waals surface area contributed by atoms with Gasteiger partial charge in [-0.3, -0.25) is 4.40 Å². The number of nitrogens with one attached hydrogen (secondary N) is 1. The van der Waals surface area contributed by atoms with Crippen LogP contribution in [0.15, 0.2) is 25.0 Å². The van der Waals surface area contributed by atoms with Crippen molar-refractivity contribution >= 4 is 11.5 Å². The van der Waals surface area contributed by atoms with Crippen molar-refractivity contribution in [2.45, 2.75) is 6.92 Å². The van der Waals surface area contributed by atoms with Gasteiger partial charge in [-0.1, -0.05) is 6.08 Å². The standard InChI is InChI=1S/C9H11N5/c1-3-4-10-8-9-13-12-7(2)14(9)6-5-11-8/h3,5-6H,1,4H2,2H3,(H,10,11). The zero-order chi connectivity index (χ0) is 9.97. The predicted molar refractivity (Wildman–Crippen MR) is 54.2 cm³/mol. The summed E-state index contributed by atoms with van der Waals surface area (Å²) in [6.45, 7) is 6.19. The third-order valence-corrected chi connectivity index (χ3v) is 1.91. The molecule has 0 amide bonds. The molecule has 0 bridgehead atoms. The van der Waals surface area contributed by atoms with E-state index in [1.165, 1.54) is 0 Å². The summed E-state index contributed by atoms with van der Waals surface area (Å²) in [6.07, 6.45) is 5.33. The molecule has 72 valence electrons. The maximum Gasteiger partial charge on any atom is 0.203 e. The Morgan fingerprint density at radius 3 is 3.21 bits per heavy atom. The number of rotatable bonds is 3. The van der Waals surface area contributed by atoms with Crippen LogP contribution in [0.5, 0.6) is 0 Å². The Hall–Kier alpha value is -1.91. The second-order valence-corrected chi connectivity index (χ2v) is 2.89. The molecule has 1 N–H and O–H groups in total. The molecule has 5 heteroatoms. The first-order valence-electron chi connectivity index (χ1n) is 4.34. The fourth-order valence-corrected chi connectivity index (χ4v) is 1.24. The lowest BCUT2D eigenvalue weighted by molar-refractivity contribution is 1.00. The van der Waals surface area contributed by atoms with Gasteiger partial charge in [-0.2, -0.15) is 0 Å². The number of hydrogen-bond acceptors (Lipinski definition) is 4. The third-order valence-electron chi connectivity index (χ3n) is 1.91. The first-order valence-corrected chi connectivity index (χ1v) is 4.34. The van der Waals surface area contributed by atoms with Crippen LogP contribution in [0, 0.1) is 6.92 Å². The Labute approximate surface area is 81.5 Å². The van der Waals surface area contributed by atoms with Crippen LogP contribution in [0.4, 0.5) is 5.82 Å². The molecule has 0 radical (unpaired) electrons. The molecule has 0 spiro atoms. The van der Waals surface area contributed by atoms with E-state index in [1.807, 2.05) is 17.5 Å². The maximum atomic E-state index is 4.18. The summed E-state index contributed by atoms with van der Waals surface area (Å²) in [6, 6.07) is 0. The Morgan fingerprint density at radius 2 is 2.43 bits per heavy atom. The summed E-state index contributed by atoms with van der Waals surface area (Å²) >= 11 is 0. The summed E-state index contributed by atoms with van der Waals surface area (Å²) in [7, 11) is 0. The molecular formula is C9H11N5. The minimum atomic E-state index is 0.665. The minimum Gasteiger partial charge on any atom is -0.363 e. The van der Waals surface area contributed by atoms with E-state index in [4.69, 9.17) is 0 Å². The topological polar surface area (TPSA) is 55.1 Å². The SMILES string of the molecule is C=CCNc1nccn2c(C)nnc12. The highest BCUT2D eigenvalue weighted by Crippen LogP contribution is 2.11. The van der Waals surface area contributed by atoms with Crippen molar-refractivity contribution < 1.29 is 0 Å². The van der Waals surface area contributed by atoms with Gasteiger partial charge in [0.2, 0.25) is 5.65 Å². The lowest BCUT2D eigenvalue weighted by Gasteiger charge is -2.02. The summed E-state index contributed by atoms with van der Waals surface area (Å²) in [5.74, 6) is 1.58. The second-order valence-electron chi connectivity index (χ2n) is 2.89. The van der Waals surface area contributed by atoms with Crippen molar-refractivity contribution in [2.75, 3.05) is 11.9 Å². The van der Waals surface area contributed by atoms with Crippen molar-refractivity contribution in [3.05, 3.63) is 30.9 Å². The van der Waals surface area contributed by atoms with Gasteiger partial charge in [0.25, 0.3) is 0 Å². The van der Waals surface area contributed by atoms with Gasteiger partial charge < -0.3 is 5.32 Å². The lowest BCUT2D eigenvalue weighted by atomic mass is 10.5. The van der Waals surface area contributed by atoms with Crippen LogP contribution in [-0.2, 0) is 0 Å². The fraction of sp³-hybridized carbons (Fsp3) is 0.222. The quantitative estimate of drug-likeness (QED) is 0.733. The van der Waals surface area contributed by atoms with Crippen molar-refractivity contribution in [3.63, 3.8) is 0 Å². The minimum absolute atomic E-state index is 0.665. The smallest absolute Gasteiger partial charge is 0.203 e. The van der Waals surface area contributed by atoms with Crippen LogP contribution in [0.25, 0.3) is 5.65 Å². The highest BCUT2D eigenvalue weighted by molar-refractivity contribution is 5.62. The number of aryl methyl sites for hydroxylation is 1. The van der Waals surface area contributed by atoms with Gasteiger partial charge in [0.05, 0.1) is 0 Å². The van der Waals surface area contributed by atoms with Gasteiger partial charge in [-0.15, -0.1) is 16.8 Å². The normalized spacial score (nSPS) is 10.4. The van der Waals surface area contributed by atoms with E-state index in [0.29, 0.717) is 6.54 Å². The Morgan fingerprint density at radius 1 is 1.57 bits per heavy atom. The number of hydrogen-bond donors (Lipinski definition) is 1. The molecule has 0 aliphatic carbocycles. The number of anilines is 1. The molecule has 5 nitrogen and oxygen atoms in total. The molecule has 0 aliphatic heterocycles. The molecule has 0 atom stereocenters. The van der Waals surface area contributed by atoms with Crippen LogP contribution in [0.1, 0.15) is 5.82 Å². The van der Waals surface area contributed by atoms with Gasteiger partial charge in [0.15, 0.2) is 5.82 Å². The number of nitrogens with zero attached hydrogens (tertiary/aromatic N) is 4. The van der Waals surface area contributed by atoms with E-state index in [2.05, 4.69) is 27.1 Å². The highest BCUT2D eigenvalue weighted by Gasteiger charge is 2.05. The first kappa shape index (κ1) is 8.68. The molecule has 2 aromatic heterocycles. The summed E-state index contributed by atoms with van der Waals surface area (Å²) in [4.78, 5) is 4.18. The molecule has 0 aliphatic rings. The molecule has 0 saturated carbocycles. The van der Waals surface area contributed by atoms with Crippen molar-refractivity contribution in [1.29, 1.82) is 0 Å². The Kier molecular flexibility index (Phi) is 2.14. The van der Waals surface area contributed by atoms with Crippen molar-refractivity contribution in [3.8, 4) is 0 Å². The van der Waals surface area contributed by atoms with Crippen LogP contribution in [0.2, 0.25) is 0 Å². The van der Waals surface area contributed by atoms with Crippen LogP contribution in [0.3, 0.4) is 0 Å². The summed E-state index contributed by atoms with van der Waals surface area (Å²) in [5.41, 5.74) is 0.742. The fourth-order valence-electron chi connectivity index (χ4n) is 1.24. The van der Waals surface area contributed by atoms with Crippen molar-refractivity contribution in [2.24, 2.45) is 0 Å². The van der Waals surface area contributed by atoms with E-state index in [9.17, 15) is 0 Å². The number of aromatic nitrogens is 4. The van der Waals surface area contributed by atoms with E-state index in [1.54, 1.807) is 12.3 Å². The predicted octanol–water partition coefficient (Wildman–Crippen LogP) is 1.03. The average Bonchev–Trinajstić information content (AvgIpc) is 2.58. The molecule has 2 aromatic rings. The molecule has 2 heterocycles. The largest absolute Gasteiger partial charge is 0.363 e. The van der Waals surface area contributed by atoms with Gasteiger partial charge >= 0.3 is 0 Å². The Balaban J connectivity index is 2.48. The van der Waals surface area contributed by atoms with E-state index in [-0.39, 0.29) is 0 Å². The lowest BCUT2D eigenvalue weighted by Crippen LogP contribution is -2.03. The first-order chi connectivity index (χ1) is 6.83. The van der Waals surface area contributed by atoms with Gasteiger partial charge in [0, 0.05) is 18.9 Å². The molecule has 2 rings (SSSR count). The van der Waals surface area contributed by atoms with Crippen LogP contribution < -0.4 is 5.32 Å². The number of fused-ring (bicyclic) bond motifs is 1. The molecular weight excluding hydrogens is 178 g/mol.